The van der Waals surface area contributed by atoms with Crippen molar-refractivity contribution in [3.8, 4) is 11.4 Å². The highest BCUT2D eigenvalue weighted by atomic mass is 16.4. The summed E-state index contributed by atoms with van der Waals surface area (Å²) >= 11 is 0. The van der Waals surface area contributed by atoms with E-state index in [1.165, 1.54) is 0 Å². The Labute approximate surface area is 138 Å². The summed E-state index contributed by atoms with van der Waals surface area (Å²) in [4.78, 5) is 19.2. The first-order valence-corrected chi connectivity index (χ1v) is 7.85. The molecule has 0 spiro atoms. The van der Waals surface area contributed by atoms with Crippen LogP contribution in [0.3, 0.4) is 0 Å². The zero-order valence-electron chi connectivity index (χ0n) is 13.8. The molecule has 5 nitrogen and oxygen atoms in total. The van der Waals surface area contributed by atoms with Crippen molar-refractivity contribution in [2.45, 2.75) is 20.8 Å². The van der Waals surface area contributed by atoms with Gasteiger partial charge in [0.05, 0.1) is 11.0 Å². The third kappa shape index (κ3) is 2.54. The highest BCUT2D eigenvalue weighted by Crippen LogP contribution is 2.30. The molecule has 0 radical (unpaired) electrons. The molecule has 0 fully saturated rings. The van der Waals surface area contributed by atoms with Crippen molar-refractivity contribution in [3.05, 3.63) is 53.8 Å². The molecule has 4 aromatic rings. The highest BCUT2D eigenvalue weighted by Gasteiger charge is 2.18. The van der Waals surface area contributed by atoms with Gasteiger partial charge in [-0.15, -0.1) is 0 Å². The van der Waals surface area contributed by atoms with Crippen LogP contribution < -0.4 is 0 Å². The van der Waals surface area contributed by atoms with Crippen molar-refractivity contribution in [1.82, 2.24) is 9.97 Å². The van der Waals surface area contributed by atoms with Crippen LogP contribution in [0.2, 0.25) is 0 Å². The van der Waals surface area contributed by atoms with Crippen molar-refractivity contribution in [3.63, 3.8) is 0 Å². The molecule has 2 aromatic heterocycles. The smallest absolute Gasteiger partial charge is 0.339 e. The number of carboxylic acid groups (broad SMARTS) is 1. The van der Waals surface area contributed by atoms with E-state index in [-0.39, 0.29) is 5.56 Å². The lowest BCUT2D eigenvalue weighted by Gasteiger charge is -1.97. The molecule has 0 unspecified atom stereocenters. The quantitative estimate of drug-likeness (QED) is 0.544. The van der Waals surface area contributed by atoms with Gasteiger partial charge in [0.1, 0.15) is 22.7 Å². The lowest BCUT2D eigenvalue weighted by molar-refractivity contribution is 0.0697. The number of benzene rings is 2. The summed E-state index contributed by atoms with van der Waals surface area (Å²) in [5, 5.41) is 9.93. The Morgan fingerprint density at radius 1 is 1.17 bits per heavy atom. The fourth-order valence-electron chi connectivity index (χ4n) is 2.72. The van der Waals surface area contributed by atoms with Crippen LogP contribution in [0.5, 0.6) is 0 Å². The predicted molar refractivity (Wildman–Crippen MR) is 94.3 cm³/mol. The van der Waals surface area contributed by atoms with Crippen LogP contribution in [0, 0.1) is 6.92 Å². The summed E-state index contributed by atoms with van der Waals surface area (Å²) in [5.41, 5.74) is 3.41. The summed E-state index contributed by atoms with van der Waals surface area (Å²) in [5.74, 6) is 0.126. The van der Waals surface area contributed by atoms with Crippen LogP contribution in [0.25, 0.3) is 33.4 Å². The van der Waals surface area contributed by atoms with Crippen LogP contribution in [-0.2, 0) is 0 Å². The van der Waals surface area contributed by atoms with Gasteiger partial charge in [0.25, 0.3) is 0 Å². The SMILES string of the molecule is CC.Cc1oc2ccc(-c3nc4ccccc4[nH]3)cc2c1C(=O)O. The highest BCUT2D eigenvalue weighted by molar-refractivity contribution is 6.04. The molecule has 24 heavy (non-hydrogen) atoms. The van der Waals surface area contributed by atoms with E-state index in [0.717, 1.165) is 16.6 Å². The number of para-hydroxylation sites is 2. The van der Waals surface area contributed by atoms with E-state index in [0.29, 0.717) is 22.6 Å². The number of aromatic amines is 1. The van der Waals surface area contributed by atoms with Gasteiger partial charge in [0, 0.05) is 10.9 Å². The van der Waals surface area contributed by atoms with Gasteiger partial charge in [-0.2, -0.15) is 0 Å². The Hall–Kier alpha value is -3.08. The predicted octanol–water partition coefficient (Wildman–Crippen LogP) is 5.01. The van der Waals surface area contributed by atoms with Crippen LogP contribution in [0.15, 0.2) is 46.9 Å². The Morgan fingerprint density at radius 3 is 2.62 bits per heavy atom. The number of carboxylic acids is 1. The van der Waals surface area contributed by atoms with Gasteiger partial charge in [-0.1, -0.05) is 26.0 Å². The zero-order chi connectivity index (χ0) is 17.3. The molecular formula is C19H18N2O3. The van der Waals surface area contributed by atoms with Gasteiger partial charge in [0.15, 0.2) is 0 Å². The molecule has 122 valence electrons. The van der Waals surface area contributed by atoms with Gasteiger partial charge < -0.3 is 14.5 Å². The summed E-state index contributed by atoms with van der Waals surface area (Å²) in [7, 11) is 0. The number of aromatic carboxylic acids is 1. The molecule has 4 rings (SSSR count). The first-order chi connectivity index (χ1) is 11.6. The van der Waals surface area contributed by atoms with Crippen molar-refractivity contribution >= 4 is 28.0 Å². The minimum atomic E-state index is -0.988. The maximum Gasteiger partial charge on any atom is 0.339 e. The number of fused-ring (bicyclic) bond motifs is 2. The number of carbonyl (C=O) groups is 1. The number of hydrogen-bond acceptors (Lipinski definition) is 3. The average molecular weight is 322 g/mol. The minimum absolute atomic E-state index is 0.202. The number of aromatic nitrogens is 2. The van der Waals surface area contributed by atoms with Crippen molar-refractivity contribution in [1.29, 1.82) is 0 Å². The van der Waals surface area contributed by atoms with Gasteiger partial charge in [-0.25, -0.2) is 9.78 Å². The fraction of sp³-hybridized carbons (Fsp3) is 0.158. The first kappa shape index (κ1) is 15.8. The maximum atomic E-state index is 11.4. The number of H-pyrrole nitrogens is 1. The molecule has 0 saturated carbocycles. The molecule has 0 aliphatic rings. The molecule has 0 atom stereocenters. The summed E-state index contributed by atoms with van der Waals surface area (Å²) < 4.78 is 5.50. The van der Waals surface area contributed by atoms with Gasteiger partial charge >= 0.3 is 5.97 Å². The molecule has 2 N–H and O–H groups in total. The van der Waals surface area contributed by atoms with E-state index in [4.69, 9.17) is 4.42 Å². The van der Waals surface area contributed by atoms with Crippen molar-refractivity contribution in [2.24, 2.45) is 0 Å². The van der Waals surface area contributed by atoms with Crippen LogP contribution in [0.1, 0.15) is 30.0 Å². The molecule has 0 amide bonds. The number of hydrogen-bond donors (Lipinski definition) is 2. The number of furan rings is 1. The van der Waals surface area contributed by atoms with E-state index in [1.54, 1.807) is 19.1 Å². The first-order valence-electron chi connectivity index (χ1n) is 7.85. The molecule has 0 saturated heterocycles. The average Bonchev–Trinajstić information content (AvgIpc) is 3.15. The summed E-state index contributed by atoms with van der Waals surface area (Å²) in [6.07, 6.45) is 0. The molecule has 0 aliphatic carbocycles. The third-order valence-electron chi connectivity index (χ3n) is 3.74. The van der Waals surface area contributed by atoms with E-state index in [1.807, 2.05) is 44.2 Å². The topological polar surface area (TPSA) is 79.1 Å². The van der Waals surface area contributed by atoms with E-state index < -0.39 is 5.97 Å². The normalized spacial score (nSPS) is 10.6. The van der Waals surface area contributed by atoms with E-state index in [2.05, 4.69) is 9.97 Å². The number of aryl methyl sites for hydroxylation is 1. The molecular weight excluding hydrogens is 304 g/mol. The molecule has 5 heteroatoms. The van der Waals surface area contributed by atoms with Crippen LogP contribution in [0.4, 0.5) is 0 Å². The maximum absolute atomic E-state index is 11.4. The third-order valence-corrected chi connectivity index (χ3v) is 3.74. The van der Waals surface area contributed by atoms with Gasteiger partial charge in [-0.3, -0.25) is 0 Å². The Balaban J connectivity index is 0.000000815. The van der Waals surface area contributed by atoms with Gasteiger partial charge in [-0.05, 0) is 37.3 Å². The Morgan fingerprint density at radius 2 is 1.92 bits per heavy atom. The van der Waals surface area contributed by atoms with Crippen LogP contribution >= 0.6 is 0 Å². The monoisotopic (exact) mass is 322 g/mol. The number of rotatable bonds is 2. The number of imidazole rings is 1. The molecule has 0 aliphatic heterocycles. The van der Waals surface area contributed by atoms with Gasteiger partial charge in [0.2, 0.25) is 0 Å². The standard InChI is InChI=1S/C17H12N2O3.C2H6/c1-9-15(17(20)21)11-8-10(6-7-14(11)22-9)16-18-12-4-2-3-5-13(12)19-16;1-2/h2-8H,1H3,(H,18,19)(H,20,21);1-2H3. The van der Waals surface area contributed by atoms with Crippen molar-refractivity contribution < 1.29 is 14.3 Å². The zero-order valence-corrected chi connectivity index (χ0v) is 13.8. The number of nitrogens with one attached hydrogen (secondary N) is 1. The lowest BCUT2D eigenvalue weighted by atomic mass is 10.1. The summed E-state index contributed by atoms with van der Waals surface area (Å²) in [6.45, 7) is 5.66. The lowest BCUT2D eigenvalue weighted by Crippen LogP contribution is -1.96. The Bertz CT molecular complexity index is 995. The number of nitrogens with zero attached hydrogens (tertiary/aromatic N) is 1. The van der Waals surface area contributed by atoms with Crippen LogP contribution in [-0.4, -0.2) is 21.0 Å². The van der Waals surface area contributed by atoms with E-state index >= 15 is 0 Å². The molecule has 0 bridgehead atoms. The largest absolute Gasteiger partial charge is 0.478 e. The molecule has 2 aromatic carbocycles. The molecule has 2 heterocycles. The Kier molecular flexibility index (Phi) is 4.08. The second-order valence-corrected chi connectivity index (χ2v) is 5.15. The van der Waals surface area contributed by atoms with Crippen molar-refractivity contribution in [2.75, 3.05) is 0 Å². The second kappa shape index (κ2) is 6.20. The second-order valence-electron chi connectivity index (χ2n) is 5.15. The van der Waals surface area contributed by atoms with E-state index in [9.17, 15) is 9.90 Å². The summed E-state index contributed by atoms with van der Waals surface area (Å²) in [6, 6.07) is 13.2. The fourth-order valence-corrected chi connectivity index (χ4v) is 2.72. The minimum Gasteiger partial charge on any atom is -0.478 e.